The molecule has 0 aliphatic carbocycles. The smallest absolute Gasteiger partial charge is 0.228 e. The van der Waals surface area contributed by atoms with Crippen LogP contribution >= 0.6 is 0 Å². The van der Waals surface area contributed by atoms with Gasteiger partial charge in [-0.15, -0.1) is 0 Å². The van der Waals surface area contributed by atoms with Crippen molar-refractivity contribution in [1.29, 1.82) is 0 Å². The monoisotopic (exact) mass is 386 g/mol. The van der Waals surface area contributed by atoms with Gasteiger partial charge in [0.25, 0.3) is 0 Å². The van der Waals surface area contributed by atoms with Crippen molar-refractivity contribution in [3.05, 3.63) is 36.4 Å². The van der Waals surface area contributed by atoms with Gasteiger partial charge in [-0.25, -0.2) is 20.4 Å². The van der Waals surface area contributed by atoms with Gasteiger partial charge >= 0.3 is 0 Å². The van der Waals surface area contributed by atoms with Crippen molar-refractivity contribution in [3.8, 4) is 0 Å². The summed E-state index contributed by atoms with van der Waals surface area (Å²) in [6.45, 7) is -0.457. The molecule has 1 saturated heterocycles. The first kappa shape index (κ1) is 18.2. The highest BCUT2D eigenvalue weighted by Gasteiger charge is 2.45. The predicted molar refractivity (Wildman–Crippen MR) is 98.2 cm³/mol. The maximum Gasteiger partial charge on any atom is 0.228 e. The summed E-state index contributed by atoms with van der Waals surface area (Å²) in [5.74, 6) is 0.305. The topological polar surface area (TPSA) is 177 Å². The number of pyridine rings is 1. The maximum atomic E-state index is 10.4. The zero-order valence-corrected chi connectivity index (χ0v) is 14.5. The van der Waals surface area contributed by atoms with Crippen molar-refractivity contribution in [2.45, 2.75) is 24.5 Å². The normalized spacial score (nSPS) is 25.0. The van der Waals surface area contributed by atoms with Crippen LogP contribution in [0.25, 0.3) is 11.2 Å². The second-order valence-corrected chi connectivity index (χ2v) is 6.12. The van der Waals surface area contributed by atoms with Crippen molar-refractivity contribution < 1.29 is 20.1 Å². The molecule has 12 heteroatoms. The van der Waals surface area contributed by atoms with Crippen LogP contribution in [0.5, 0.6) is 0 Å². The minimum Gasteiger partial charge on any atom is -0.394 e. The van der Waals surface area contributed by atoms with Crippen LogP contribution in [-0.2, 0) is 4.74 Å². The van der Waals surface area contributed by atoms with Crippen LogP contribution in [0.1, 0.15) is 11.8 Å². The van der Waals surface area contributed by atoms with E-state index in [0.717, 1.165) is 5.56 Å². The number of nitrogens with two attached hydrogens (primary N) is 1. The number of hydrogen-bond donors (Lipinski definition) is 5. The number of fused-ring (bicyclic) bond motifs is 1. The summed E-state index contributed by atoms with van der Waals surface area (Å²) >= 11 is 0. The van der Waals surface area contributed by atoms with Crippen LogP contribution in [-0.4, -0.2) is 71.0 Å². The summed E-state index contributed by atoms with van der Waals surface area (Å²) < 4.78 is 7.02. The average molecular weight is 386 g/mol. The fourth-order valence-electron chi connectivity index (χ4n) is 2.95. The summed E-state index contributed by atoms with van der Waals surface area (Å²) in [5, 5.41) is 34.0. The summed E-state index contributed by atoms with van der Waals surface area (Å²) in [4.78, 5) is 16.3. The highest BCUT2D eigenvalue weighted by atomic mass is 16.6. The molecule has 1 aliphatic rings. The minimum atomic E-state index is -1.32. The van der Waals surface area contributed by atoms with Crippen molar-refractivity contribution in [2.24, 2.45) is 5.10 Å². The summed E-state index contributed by atoms with van der Waals surface area (Å²) in [6, 6.07) is 3.54. The van der Waals surface area contributed by atoms with Gasteiger partial charge in [-0.05, 0) is 17.7 Å². The molecule has 0 radical (unpaired) electrons. The first-order valence-electron chi connectivity index (χ1n) is 8.40. The van der Waals surface area contributed by atoms with Crippen LogP contribution in [0.3, 0.4) is 0 Å². The zero-order chi connectivity index (χ0) is 19.7. The number of aliphatic hydroxyl groups is 3. The van der Waals surface area contributed by atoms with E-state index < -0.39 is 31.1 Å². The number of aliphatic hydroxyl groups excluding tert-OH is 3. The molecule has 0 amide bonds. The Morgan fingerprint density at radius 1 is 1.25 bits per heavy atom. The molecule has 4 rings (SSSR count). The zero-order valence-electron chi connectivity index (χ0n) is 14.5. The number of imidazole rings is 1. The molecule has 0 unspecified atom stereocenters. The van der Waals surface area contributed by atoms with Crippen LogP contribution in [0.15, 0.2) is 36.0 Å². The number of rotatable bonds is 5. The van der Waals surface area contributed by atoms with Gasteiger partial charge in [0.05, 0.1) is 12.8 Å². The lowest BCUT2D eigenvalue weighted by molar-refractivity contribution is -0.0501. The Balaban J connectivity index is 1.73. The van der Waals surface area contributed by atoms with E-state index in [1.165, 1.54) is 10.9 Å². The van der Waals surface area contributed by atoms with E-state index >= 15 is 0 Å². The minimum absolute atomic E-state index is 0.136. The van der Waals surface area contributed by atoms with Gasteiger partial charge in [-0.2, -0.15) is 5.10 Å². The highest BCUT2D eigenvalue weighted by Crippen LogP contribution is 2.35. The van der Waals surface area contributed by atoms with Gasteiger partial charge in [0.15, 0.2) is 23.2 Å². The second kappa shape index (κ2) is 7.44. The third-order valence-corrected chi connectivity index (χ3v) is 4.36. The molecule has 0 spiro atoms. The Labute approximate surface area is 158 Å². The molecule has 146 valence electrons. The molecule has 6 N–H and O–H groups in total. The Morgan fingerprint density at radius 2 is 2.04 bits per heavy atom. The first-order valence-corrected chi connectivity index (χ1v) is 8.40. The van der Waals surface area contributed by atoms with E-state index in [2.05, 4.69) is 30.5 Å². The number of nitrogens with one attached hydrogen (secondary N) is 1. The van der Waals surface area contributed by atoms with Gasteiger partial charge < -0.3 is 25.8 Å². The molecule has 3 aromatic heterocycles. The lowest BCUT2D eigenvalue weighted by Gasteiger charge is -2.18. The molecule has 0 aromatic carbocycles. The Kier molecular flexibility index (Phi) is 4.83. The number of nitrogens with zero attached hydrogens (tertiary/aromatic N) is 6. The summed E-state index contributed by atoms with van der Waals surface area (Å²) in [6.07, 6.45) is 1.45. The molecule has 1 fully saturated rings. The quantitative estimate of drug-likeness (QED) is 0.266. The summed E-state index contributed by atoms with van der Waals surface area (Å²) in [7, 11) is 0. The Bertz CT molecular complexity index is 995. The molecule has 4 atom stereocenters. The van der Waals surface area contributed by atoms with Crippen molar-refractivity contribution in [2.75, 3.05) is 17.8 Å². The predicted octanol–water partition coefficient (Wildman–Crippen LogP) is -1.14. The maximum absolute atomic E-state index is 10.4. The average Bonchev–Trinajstić information content (AvgIpc) is 3.21. The molecular weight excluding hydrogens is 368 g/mol. The van der Waals surface area contributed by atoms with Gasteiger partial charge in [0.2, 0.25) is 5.95 Å². The van der Waals surface area contributed by atoms with E-state index in [1.54, 1.807) is 30.7 Å². The van der Waals surface area contributed by atoms with Crippen LogP contribution < -0.4 is 11.2 Å². The first-order chi connectivity index (χ1) is 13.6. The molecule has 28 heavy (non-hydrogen) atoms. The fraction of sp³-hybridized carbons (Fsp3) is 0.312. The Hall–Kier alpha value is -3.19. The number of anilines is 2. The lowest BCUT2D eigenvalue weighted by atomic mass is 10.1. The Morgan fingerprint density at radius 3 is 2.75 bits per heavy atom. The van der Waals surface area contributed by atoms with E-state index in [1.807, 2.05) is 0 Å². The number of hydrazone groups is 1. The molecule has 0 saturated carbocycles. The van der Waals surface area contributed by atoms with Crippen molar-refractivity contribution in [3.63, 3.8) is 0 Å². The second-order valence-electron chi connectivity index (χ2n) is 6.12. The van der Waals surface area contributed by atoms with Crippen LogP contribution in [0.4, 0.5) is 11.8 Å². The summed E-state index contributed by atoms with van der Waals surface area (Å²) in [5.41, 5.74) is 10.0. The van der Waals surface area contributed by atoms with Crippen molar-refractivity contribution in [1.82, 2.24) is 24.5 Å². The van der Waals surface area contributed by atoms with E-state index in [0.29, 0.717) is 0 Å². The molecule has 12 nitrogen and oxygen atoms in total. The fourth-order valence-corrected chi connectivity index (χ4v) is 2.95. The van der Waals surface area contributed by atoms with Crippen molar-refractivity contribution >= 4 is 29.1 Å². The van der Waals surface area contributed by atoms with Crippen LogP contribution in [0.2, 0.25) is 0 Å². The molecular formula is C16H18N8O4. The third-order valence-electron chi connectivity index (χ3n) is 4.36. The van der Waals surface area contributed by atoms with Gasteiger partial charge in [0, 0.05) is 12.4 Å². The molecule has 4 heterocycles. The number of aromatic nitrogens is 5. The standard InChI is InChI=1S/C16H18N8O4/c17-13-10-14(20-7-19-13)24(15-12(27)11(26)9(6-25)28-15)16(22-10)23-21-5-8-1-3-18-4-2-8/h1-5,7,9,11-12,15,25-27H,6H2,(H,22,23)(H2,17,19,20)/b21-5-/t9-,11-,12-,15-/m1/s1. The molecule has 0 bridgehead atoms. The van der Waals surface area contributed by atoms with Gasteiger partial charge in [0.1, 0.15) is 24.6 Å². The largest absolute Gasteiger partial charge is 0.394 e. The molecule has 1 aliphatic heterocycles. The lowest BCUT2D eigenvalue weighted by Crippen LogP contribution is -2.33. The van der Waals surface area contributed by atoms with Crippen LogP contribution in [0, 0.1) is 0 Å². The molecule has 3 aromatic rings. The number of ether oxygens (including phenoxy) is 1. The van der Waals surface area contributed by atoms with E-state index in [9.17, 15) is 15.3 Å². The van der Waals surface area contributed by atoms with E-state index in [-0.39, 0.29) is 22.9 Å². The SMILES string of the molecule is Nc1ncnc2c1nc(N/N=C\c1ccncc1)n2[C@@H]1O[C@H](CO)[C@@H](O)[C@H]1O. The highest BCUT2D eigenvalue weighted by molar-refractivity contribution is 5.84. The third kappa shape index (κ3) is 3.14. The van der Waals surface area contributed by atoms with Gasteiger partial charge in [-0.1, -0.05) is 0 Å². The van der Waals surface area contributed by atoms with Gasteiger partial charge in [-0.3, -0.25) is 9.55 Å². The number of nitrogen functional groups attached to an aromatic ring is 1. The van der Waals surface area contributed by atoms with E-state index in [4.69, 9.17) is 10.5 Å². The number of hydrogen-bond acceptors (Lipinski definition) is 11.